The largest absolute Gasteiger partial charge is 0.340 e. The lowest BCUT2D eigenvalue weighted by atomic mass is 10.2. The lowest BCUT2D eigenvalue weighted by molar-refractivity contribution is 0.279. The second kappa shape index (κ2) is 4.09. The number of nitrogens with one attached hydrogen (secondary N) is 1. The fourth-order valence-corrected chi connectivity index (χ4v) is 1.94. The van der Waals surface area contributed by atoms with Crippen molar-refractivity contribution in [1.29, 1.82) is 0 Å². The van der Waals surface area contributed by atoms with Crippen LogP contribution < -0.4 is 5.32 Å². The molecular weight excluding hydrogens is 181 g/mol. The predicted molar refractivity (Wildman–Crippen MR) is 52.6 cm³/mol. The molecule has 14 heavy (non-hydrogen) atoms. The number of aromatic nitrogens is 2. The molecule has 0 bridgehead atoms. The quantitative estimate of drug-likeness (QED) is 0.793. The molecule has 0 aliphatic heterocycles. The van der Waals surface area contributed by atoms with Gasteiger partial charge in [-0.05, 0) is 19.3 Å². The minimum atomic E-state index is -0.668. The third kappa shape index (κ3) is 2.12. The average molecular weight is 197 g/mol. The molecule has 1 heterocycles. The van der Waals surface area contributed by atoms with Crippen LogP contribution in [0.2, 0.25) is 0 Å². The summed E-state index contributed by atoms with van der Waals surface area (Å²) in [6.45, 7) is 0.673. The smallest absolute Gasteiger partial charge is 0.115 e. The highest BCUT2D eigenvalue weighted by Gasteiger charge is 2.26. The van der Waals surface area contributed by atoms with Crippen molar-refractivity contribution in [2.75, 3.05) is 0 Å². The average Bonchev–Trinajstić information content (AvgIpc) is 2.72. The maximum absolute atomic E-state index is 13.2. The second-order valence-corrected chi connectivity index (χ2v) is 3.96. The maximum atomic E-state index is 13.2. The van der Waals surface area contributed by atoms with E-state index in [1.165, 1.54) is 0 Å². The summed E-state index contributed by atoms with van der Waals surface area (Å²) in [4.78, 5) is 4.18. The van der Waals surface area contributed by atoms with Crippen molar-refractivity contribution in [1.82, 2.24) is 14.9 Å². The third-order valence-corrected chi connectivity index (χ3v) is 2.74. The summed E-state index contributed by atoms with van der Waals surface area (Å²) in [6.07, 6.45) is 5.71. The van der Waals surface area contributed by atoms with Crippen LogP contribution in [0.4, 0.5) is 4.39 Å². The van der Waals surface area contributed by atoms with Gasteiger partial charge in [0.15, 0.2) is 0 Å². The monoisotopic (exact) mass is 197 g/mol. The molecule has 3 nitrogen and oxygen atoms in total. The van der Waals surface area contributed by atoms with Crippen LogP contribution in [0.25, 0.3) is 0 Å². The van der Waals surface area contributed by atoms with Crippen molar-refractivity contribution in [3.63, 3.8) is 0 Å². The molecule has 78 valence electrons. The van der Waals surface area contributed by atoms with Crippen LogP contribution in [0.3, 0.4) is 0 Å². The van der Waals surface area contributed by atoms with E-state index in [1.54, 1.807) is 6.33 Å². The molecule has 0 aromatic carbocycles. The highest BCUT2D eigenvalue weighted by molar-refractivity contribution is 4.96. The highest BCUT2D eigenvalue weighted by atomic mass is 19.1. The third-order valence-electron chi connectivity index (χ3n) is 2.74. The first kappa shape index (κ1) is 9.65. The molecule has 0 radical (unpaired) electrons. The van der Waals surface area contributed by atoms with Crippen LogP contribution in [-0.2, 0) is 13.6 Å². The summed E-state index contributed by atoms with van der Waals surface area (Å²) in [6, 6.07) is 0.0389. The molecular formula is C10H16FN3. The molecule has 1 N–H and O–H groups in total. The molecule has 2 atom stereocenters. The van der Waals surface area contributed by atoms with Gasteiger partial charge in [0.1, 0.15) is 6.17 Å². The number of hydrogen-bond acceptors (Lipinski definition) is 2. The van der Waals surface area contributed by atoms with Crippen molar-refractivity contribution < 1.29 is 4.39 Å². The Morgan fingerprint density at radius 1 is 1.64 bits per heavy atom. The number of halogens is 1. The van der Waals surface area contributed by atoms with E-state index in [9.17, 15) is 4.39 Å². The van der Waals surface area contributed by atoms with E-state index in [0.29, 0.717) is 13.0 Å². The normalized spacial score (nSPS) is 27.0. The first-order valence-corrected chi connectivity index (χ1v) is 5.10. The number of imidazole rings is 1. The first-order chi connectivity index (χ1) is 6.75. The maximum Gasteiger partial charge on any atom is 0.115 e. The summed E-state index contributed by atoms with van der Waals surface area (Å²) >= 11 is 0. The van der Waals surface area contributed by atoms with Gasteiger partial charge in [-0.3, -0.25) is 0 Å². The van der Waals surface area contributed by atoms with Gasteiger partial charge in [-0.25, -0.2) is 9.37 Å². The molecule has 0 spiro atoms. The molecule has 2 rings (SSSR count). The van der Waals surface area contributed by atoms with Gasteiger partial charge in [0.05, 0.1) is 12.0 Å². The predicted octanol–water partition coefficient (Wildman–Crippen LogP) is 1.40. The van der Waals surface area contributed by atoms with E-state index < -0.39 is 6.17 Å². The molecule has 1 aliphatic rings. The summed E-state index contributed by atoms with van der Waals surface area (Å²) in [5, 5.41) is 3.21. The zero-order valence-corrected chi connectivity index (χ0v) is 8.41. The molecule has 1 saturated carbocycles. The molecule has 4 heteroatoms. The van der Waals surface area contributed by atoms with Gasteiger partial charge in [-0.15, -0.1) is 0 Å². The van der Waals surface area contributed by atoms with E-state index in [0.717, 1.165) is 18.5 Å². The molecule has 0 saturated heterocycles. The SMILES string of the molecule is Cn1cnc(CN[C@H]2CCC[C@H]2F)c1. The minimum absolute atomic E-state index is 0.0389. The molecule has 1 aliphatic carbocycles. The number of alkyl halides is 1. The number of hydrogen-bond donors (Lipinski definition) is 1. The summed E-state index contributed by atoms with van der Waals surface area (Å²) in [7, 11) is 1.93. The van der Waals surface area contributed by atoms with Gasteiger partial charge in [-0.1, -0.05) is 0 Å². The highest BCUT2D eigenvalue weighted by Crippen LogP contribution is 2.21. The van der Waals surface area contributed by atoms with Crippen LogP contribution >= 0.6 is 0 Å². The Morgan fingerprint density at radius 3 is 3.07 bits per heavy atom. The lowest BCUT2D eigenvalue weighted by Crippen LogP contribution is -2.32. The Kier molecular flexibility index (Phi) is 2.82. The van der Waals surface area contributed by atoms with E-state index in [4.69, 9.17) is 0 Å². The van der Waals surface area contributed by atoms with Crippen LogP contribution in [0.15, 0.2) is 12.5 Å². The van der Waals surface area contributed by atoms with Crippen molar-refractivity contribution in [2.45, 2.75) is 38.0 Å². The molecule has 1 aromatic rings. The van der Waals surface area contributed by atoms with Crippen molar-refractivity contribution >= 4 is 0 Å². The molecule has 0 unspecified atom stereocenters. The van der Waals surface area contributed by atoms with Gasteiger partial charge in [0.2, 0.25) is 0 Å². The standard InChI is InChI=1S/C10H16FN3/c1-14-6-8(13-7-14)5-12-10-4-2-3-9(10)11/h6-7,9-10,12H,2-5H2,1H3/t9-,10+/m1/s1. The van der Waals surface area contributed by atoms with Gasteiger partial charge in [-0.2, -0.15) is 0 Å². The van der Waals surface area contributed by atoms with E-state index in [2.05, 4.69) is 10.3 Å². The summed E-state index contributed by atoms with van der Waals surface area (Å²) in [5.74, 6) is 0. The van der Waals surface area contributed by atoms with Gasteiger partial charge < -0.3 is 9.88 Å². The molecule has 0 amide bonds. The lowest BCUT2D eigenvalue weighted by Gasteiger charge is -2.13. The first-order valence-electron chi connectivity index (χ1n) is 5.10. The Bertz CT molecular complexity index is 297. The van der Waals surface area contributed by atoms with Crippen LogP contribution in [-0.4, -0.2) is 21.8 Å². The van der Waals surface area contributed by atoms with Crippen molar-refractivity contribution in [2.24, 2.45) is 7.05 Å². The number of nitrogens with zero attached hydrogens (tertiary/aromatic N) is 2. The van der Waals surface area contributed by atoms with Crippen molar-refractivity contribution in [3.8, 4) is 0 Å². The van der Waals surface area contributed by atoms with E-state index in [1.807, 2.05) is 17.8 Å². The van der Waals surface area contributed by atoms with Gasteiger partial charge >= 0.3 is 0 Å². The minimum Gasteiger partial charge on any atom is -0.340 e. The topological polar surface area (TPSA) is 29.9 Å². The Labute approximate surface area is 83.3 Å². The number of rotatable bonds is 3. The van der Waals surface area contributed by atoms with Crippen LogP contribution in [0.5, 0.6) is 0 Å². The van der Waals surface area contributed by atoms with Gasteiger partial charge in [0.25, 0.3) is 0 Å². The fourth-order valence-electron chi connectivity index (χ4n) is 1.94. The summed E-state index contributed by atoms with van der Waals surface area (Å²) in [5.41, 5.74) is 0.978. The number of aryl methyl sites for hydroxylation is 1. The second-order valence-electron chi connectivity index (χ2n) is 3.96. The Morgan fingerprint density at radius 2 is 2.50 bits per heavy atom. The van der Waals surface area contributed by atoms with E-state index in [-0.39, 0.29) is 6.04 Å². The van der Waals surface area contributed by atoms with Crippen LogP contribution in [0.1, 0.15) is 25.0 Å². The fraction of sp³-hybridized carbons (Fsp3) is 0.700. The van der Waals surface area contributed by atoms with Gasteiger partial charge in [0, 0.05) is 25.8 Å². The summed E-state index contributed by atoms with van der Waals surface area (Å²) < 4.78 is 15.1. The zero-order chi connectivity index (χ0) is 9.97. The van der Waals surface area contributed by atoms with E-state index >= 15 is 0 Å². The zero-order valence-electron chi connectivity index (χ0n) is 8.41. The molecule has 1 aromatic heterocycles. The van der Waals surface area contributed by atoms with Crippen LogP contribution in [0, 0.1) is 0 Å². The molecule has 1 fully saturated rings. The Hall–Kier alpha value is -0.900. The Balaban J connectivity index is 1.82. The van der Waals surface area contributed by atoms with Crippen molar-refractivity contribution in [3.05, 3.63) is 18.2 Å².